The van der Waals surface area contributed by atoms with E-state index in [9.17, 15) is 4.79 Å². The zero-order valence-corrected chi connectivity index (χ0v) is 7.97. The first-order valence-corrected chi connectivity index (χ1v) is 4.29. The molecule has 2 aromatic rings. The van der Waals surface area contributed by atoms with Gasteiger partial charge in [-0.3, -0.25) is 0 Å². The molecule has 0 aliphatic carbocycles. The molecule has 2 rings (SSSR count). The summed E-state index contributed by atoms with van der Waals surface area (Å²) in [5, 5.41) is 7.22. The normalized spacial score (nSPS) is 9.67. The van der Waals surface area contributed by atoms with E-state index in [1.807, 2.05) is 31.2 Å². The zero-order chi connectivity index (χ0) is 10.7. The molecule has 15 heavy (non-hydrogen) atoms. The third kappa shape index (κ3) is 1.68. The van der Waals surface area contributed by atoms with Crippen LogP contribution in [0.15, 0.2) is 33.9 Å². The molecule has 0 fully saturated rings. The number of hydrogen-bond acceptors (Lipinski definition) is 5. The fraction of sp³-hybridized carbons (Fsp3) is 0.100. The summed E-state index contributed by atoms with van der Waals surface area (Å²) < 4.78 is 4.53. The van der Waals surface area contributed by atoms with Crippen LogP contribution in [-0.2, 0) is 4.79 Å². The second-order valence-electron chi connectivity index (χ2n) is 2.95. The summed E-state index contributed by atoms with van der Waals surface area (Å²) >= 11 is 0. The maximum absolute atomic E-state index is 10.1. The largest absolute Gasteiger partial charge is 0.242 e. The molecule has 74 valence electrons. The summed E-state index contributed by atoms with van der Waals surface area (Å²) in [6.07, 6.45) is 1.41. The third-order valence-corrected chi connectivity index (χ3v) is 2.02. The Hall–Kier alpha value is -2.26. The van der Waals surface area contributed by atoms with Gasteiger partial charge in [-0.1, -0.05) is 24.3 Å². The fourth-order valence-corrected chi connectivity index (χ4v) is 1.31. The summed E-state index contributed by atoms with van der Waals surface area (Å²) in [7, 11) is 0. The van der Waals surface area contributed by atoms with Crippen LogP contribution in [0.4, 0.5) is 5.82 Å². The lowest BCUT2D eigenvalue weighted by molar-refractivity contribution is 0.309. The van der Waals surface area contributed by atoms with Crippen molar-refractivity contribution in [2.75, 3.05) is 0 Å². The minimum atomic E-state index is 0.152. The molecular formula is C10H7N3O2. The van der Waals surface area contributed by atoms with Crippen LogP contribution in [0.3, 0.4) is 0 Å². The van der Waals surface area contributed by atoms with Gasteiger partial charge in [0.2, 0.25) is 11.9 Å². The molecule has 0 aliphatic heterocycles. The van der Waals surface area contributed by atoms with Crippen molar-refractivity contribution in [1.29, 1.82) is 0 Å². The second kappa shape index (κ2) is 3.86. The first-order valence-electron chi connectivity index (χ1n) is 4.29. The van der Waals surface area contributed by atoms with Crippen molar-refractivity contribution < 1.29 is 9.42 Å². The average Bonchev–Trinajstić information content (AvgIpc) is 2.67. The maximum Gasteiger partial charge on any atom is 0.242 e. The van der Waals surface area contributed by atoms with Gasteiger partial charge in [-0.25, -0.2) is 9.42 Å². The molecule has 0 N–H and O–H groups in total. The molecule has 0 unspecified atom stereocenters. The number of benzene rings is 1. The van der Waals surface area contributed by atoms with E-state index in [1.165, 1.54) is 6.08 Å². The summed E-state index contributed by atoms with van der Waals surface area (Å²) in [5.74, 6) is 0.152. The Labute approximate surface area is 85.4 Å². The van der Waals surface area contributed by atoms with Crippen molar-refractivity contribution in [3.8, 4) is 11.3 Å². The highest BCUT2D eigenvalue weighted by molar-refractivity contribution is 5.72. The molecule has 0 atom stereocenters. The number of isocyanates is 1. The van der Waals surface area contributed by atoms with Crippen LogP contribution in [0.5, 0.6) is 0 Å². The van der Waals surface area contributed by atoms with E-state index in [2.05, 4.69) is 19.9 Å². The van der Waals surface area contributed by atoms with E-state index in [4.69, 9.17) is 0 Å². The Bertz CT molecular complexity index is 527. The van der Waals surface area contributed by atoms with Gasteiger partial charge in [0.1, 0.15) is 0 Å². The number of rotatable bonds is 2. The van der Waals surface area contributed by atoms with Gasteiger partial charge in [-0.05, 0) is 22.8 Å². The van der Waals surface area contributed by atoms with Crippen LogP contribution in [-0.4, -0.2) is 16.4 Å². The molecule has 5 heteroatoms. The number of carbonyl (C=O) groups excluding carboxylic acids is 1. The van der Waals surface area contributed by atoms with Crippen LogP contribution >= 0.6 is 0 Å². The smallest absolute Gasteiger partial charge is 0.242 e. The fourth-order valence-electron chi connectivity index (χ4n) is 1.31. The van der Waals surface area contributed by atoms with Crippen LogP contribution < -0.4 is 0 Å². The summed E-state index contributed by atoms with van der Waals surface area (Å²) in [6, 6.07) is 7.57. The Morgan fingerprint density at radius 2 is 2.13 bits per heavy atom. The molecule has 5 nitrogen and oxygen atoms in total. The minimum Gasteiger partial charge on any atom is -0.242 e. The van der Waals surface area contributed by atoms with Crippen molar-refractivity contribution in [2.45, 2.75) is 6.92 Å². The summed E-state index contributed by atoms with van der Waals surface area (Å²) in [4.78, 5) is 13.6. The summed E-state index contributed by atoms with van der Waals surface area (Å²) in [6.45, 7) is 1.93. The van der Waals surface area contributed by atoms with E-state index >= 15 is 0 Å². The maximum atomic E-state index is 10.1. The van der Waals surface area contributed by atoms with E-state index in [-0.39, 0.29) is 5.82 Å². The highest BCUT2D eigenvalue weighted by Crippen LogP contribution is 2.28. The SMILES string of the molecule is Cc1ccccc1-c1nonc1N=C=O. The number of hydrogen-bond donors (Lipinski definition) is 0. The van der Waals surface area contributed by atoms with Crippen molar-refractivity contribution in [3.63, 3.8) is 0 Å². The minimum absolute atomic E-state index is 0.152. The van der Waals surface area contributed by atoms with E-state index in [0.29, 0.717) is 5.69 Å². The highest BCUT2D eigenvalue weighted by Gasteiger charge is 2.12. The molecule has 0 amide bonds. The molecule has 0 spiro atoms. The van der Waals surface area contributed by atoms with Gasteiger partial charge < -0.3 is 0 Å². The lowest BCUT2D eigenvalue weighted by Crippen LogP contribution is -1.82. The monoisotopic (exact) mass is 201 g/mol. The van der Waals surface area contributed by atoms with Crippen LogP contribution in [0.2, 0.25) is 0 Å². The quantitative estimate of drug-likeness (QED) is 0.550. The predicted octanol–water partition coefficient (Wildman–Crippen LogP) is 2.01. The lowest BCUT2D eigenvalue weighted by atomic mass is 10.1. The first kappa shape index (κ1) is 9.30. The summed E-state index contributed by atoms with van der Waals surface area (Å²) in [5.41, 5.74) is 2.31. The van der Waals surface area contributed by atoms with Crippen molar-refractivity contribution in [3.05, 3.63) is 29.8 Å². The van der Waals surface area contributed by atoms with Gasteiger partial charge in [0.15, 0.2) is 5.69 Å². The molecule has 1 aromatic heterocycles. The van der Waals surface area contributed by atoms with Crippen molar-refractivity contribution in [2.24, 2.45) is 4.99 Å². The number of aliphatic imine (C=N–C) groups is 1. The molecular weight excluding hydrogens is 194 g/mol. The van der Waals surface area contributed by atoms with Gasteiger partial charge in [-0.15, -0.1) is 4.99 Å². The molecule has 0 saturated carbocycles. The Balaban J connectivity index is 2.59. The Morgan fingerprint density at radius 3 is 2.87 bits per heavy atom. The van der Waals surface area contributed by atoms with Gasteiger partial charge in [-0.2, -0.15) is 0 Å². The van der Waals surface area contributed by atoms with Crippen LogP contribution in [0, 0.1) is 6.92 Å². The van der Waals surface area contributed by atoms with Crippen LogP contribution in [0.25, 0.3) is 11.3 Å². The van der Waals surface area contributed by atoms with Gasteiger partial charge in [0, 0.05) is 5.56 Å². The highest BCUT2D eigenvalue weighted by atomic mass is 16.6. The van der Waals surface area contributed by atoms with Crippen LogP contribution in [0.1, 0.15) is 5.56 Å². The average molecular weight is 201 g/mol. The van der Waals surface area contributed by atoms with Gasteiger partial charge in [0.05, 0.1) is 0 Å². The molecule has 0 aliphatic rings. The van der Waals surface area contributed by atoms with Gasteiger partial charge in [0.25, 0.3) is 0 Å². The Kier molecular flexibility index (Phi) is 2.39. The van der Waals surface area contributed by atoms with Gasteiger partial charge >= 0.3 is 0 Å². The van der Waals surface area contributed by atoms with Crippen molar-refractivity contribution in [1.82, 2.24) is 10.3 Å². The second-order valence-corrected chi connectivity index (χ2v) is 2.95. The first-order chi connectivity index (χ1) is 7.33. The molecule has 1 heterocycles. The topological polar surface area (TPSA) is 68.3 Å². The molecule has 0 radical (unpaired) electrons. The van der Waals surface area contributed by atoms with E-state index in [0.717, 1.165) is 11.1 Å². The third-order valence-electron chi connectivity index (χ3n) is 2.02. The standard InChI is InChI=1S/C10H7N3O2/c1-7-4-2-3-5-8(7)9-10(11-6-14)13-15-12-9/h2-5H,1H3. The lowest BCUT2D eigenvalue weighted by Gasteiger charge is -1.99. The molecule has 1 aromatic carbocycles. The number of nitrogens with zero attached hydrogens (tertiary/aromatic N) is 3. The number of aryl methyl sites for hydroxylation is 1. The number of aromatic nitrogens is 2. The zero-order valence-electron chi connectivity index (χ0n) is 7.97. The predicted molar refractivity (Wildman–Crippen MR) is 52.3 cm³/mol. The van der Waals surface area contributed by atoms with E-state index < -0.39 is 0 Å². The van der Waals surface area contributed by atoms with E-state index in [1.54, 1.807) is 0 Å². The molecule has 0 bridgehead atoms. The van der Waals surface area contributed by atoms with Crippen molar-refractivity contribution >= 4 is 11.9 Å². The Morgan fingerprint density at radius 1 is 1.33 bits per heavy atom. The molecule has 0 saturated heterocycles.